The van der Waals surface area contributed by atoms with Gasteiger partial charge in [0.1, 0.15) is 5.75 Å². The molecule has 0 fully saturated rings. The summed E-state index contributed by atoms with van der Waals surface area (Å²) >= 11 is 5.97. The van der Waals surface area contributed by atoms with E-state index >= 15 is 0 Å². The van der Waals surface area contributed by atoms with Gasteiger partial charge in [-0.05, 0) is 85.1 Å². The van der Waals surface area contributed by atoms with Crippen LogP contribution in [0.4, 0.5) is 0 Å². The van der Waals surface area contributed by atoms with E-state index in [2.05, 4.69) is 10.3 Å². The quantitative estimate of drug-likeness (QED) is 0.185. The Balaban J connectivity index is 0.00000441. The van der Waals surface area contributed by atoms with Gasteiger partial charge in [0.15, 0.2) is 0 Å². The van der Waals surface area contributed by atoms with Crippen molar-refractivity contribution < 1.29 is 57.7 Å². The van der Waals surface area contributed by atoms with Gasteiger partial charge >= 0.3 is 29.6 Å². The van der Waals surface area contributed by atoms with Gasteiger partial charge in [0, 0.05) is 17.8 Å². The fraction of sp³-hybridized carbons (Fsp3) is 0.172. The second kappa shape index (κ2) is 14.7. The van der Waals surface area contributed by atoms with E-state index in [4.69, 9.17) is 16.3 Å². The van der Waals surface area contributed by atoms with Crippen LogP contribution in [0.3, 0.4) is 0 Å². The molecule has 0 aliphatic carbocycles. The van der Waals surface area contributed by atoms with Gasteiger partial charge in [-0.15, -0.1) is 0 Å². The number of aromatic nitrogens is 1. The standard InChI is InChI=1S/C29H27ClN2O6S.Na/c30-22-7-1-6-21(17-22)27(33)19-31-15-3-5-20-11-13-24(14-12-20)39(36,37)25-9-2-8-23(18-25)38-28-26(29(34)35)10-4-16-32-28;/h1-2,4,6-14,16-18,27,31,33H,3,5,15,19H2,(H,34,35);/q;+1/p-1/t27-;/m0./s1. The first kappa shape index (κ1) is 31.8. The molecule has 0 unspecified atom stereocenters. The molecule has 11 heteroatoms. The van der Waals surface area contributed by atoms with E-state index in [9.17, 15) is 23.4 Å². The summed E-state index contributed by atoms with van der Waals surface area (Å²) in [5.74, 6) is -1.51. The molecule has 0 saturated carbocycles. The van der Waals surface area contributed by atoms with Crippen LogP contribution in [0.2, 0.25) is 5.02 Å². The van der Waals surface area contributed by atoms with Crippen molar-refractivity contribution in [1.82, 2.24) is 10.3 Å². The number of aryl methyl sites for hydroxylation is 1. The molecule has 8 nitrogen and oxygen atoms in total. The zero-order valence-corrected chi connectivity index (χ0v) is 25.4. The Kier molecular flexibility index (Phi) is 11.7. The Labute approximate surface area is 260 Å². The van der Waals surface area contributed by atoms with Crippen LogP contribution < -0.4 is 44.7 Å². The molecule has 2 N–H and O–H groups in total. The number of benzene rings is 3. The Morgan fingerprint density at radius 3 is 2.48 bits per heavy atom. The maximum atomic E-state index is 13.2. The molecule has 0 spiro atoms. The van der Waals surface area contributed by atoms with Crippen LogP contribution in [0.25, 0.3) is 0 Å². The van der Waals surface area contributed by atoms with Crippen molar-refractivity contribution in [2.24, 2.45) is 0 Å². The Morgan fingerprint density at radius 1 is 1.00 bits per heavy atom. The number of carbonyl (C=O) groups is 1. The van der Waals surface area contributed by atoms with E-state index in [0.717, 1.165) is 24.0 Å². The van der Waals surface area contributed by atoms with Crippen molar-refractivity contribution in [3.63, 3.8) is 0 Å². The van der Waals surface area contributed by atoms with Crippen LogP contribution in [-0.2, 0) is 16.3 Å². The summed E-state index contributed by atoms with van der Waals surface area (Å²) in [5.41, 5.74) is 1.49. The molecule has 4 aromatic rings. The van der Waals surface area contributed by atoms with Crippen LogP contribution in [0.5, 0.6) is 11.6 Å². The Morgan fingerprint density at radius 2 is 1.75 bits per heavy atom. The van der Waals surface area contributed by atoms with E-state index in [1.165, 1.54) is 42.6 Å². The molecule has 4 rings (SSSR count). The molecule has 0 amide bonds. The molecule has 0 radical (unpaired) electrons. The topological polar surface area (TPSA) is 129 Å². The summed E-state index contributed by atoms with van der Waals surface area (Å²) in [7, 11) is -3.84. The van der Waals surface area contributed by atoms with Gasteiger partial charge in [-0.3, -0.25) is 0 Å². The van der Waals surface area contributed by atoms with Gasteiger partial charge in [0.25, 0.3) is 0 Å². The van der Waals surface area contributed by atoms with Gasteiger partial charge in [0.05, 0.1) is 27.4 Å². The first-order valence-electron chi connectivity index (χ1n) is 12.2. The number of aromatic carboxylic acids is 1. The van der Waals surface area contributed by atoms with Crippen molar-refractivity contribution >= 4 is 27.4 Å². The maximum absolute atomic E-state index is 13.2. The molecule has 0 aliphatic rings. The molecular weight excluding hydrogens is 563 g/mol. The van der Waals surface area contributed by atoms with Gasteiger partial charge in [-0.2, -0.15) is 0 Å². The first-order chi connectivity index (χ1) is 18.7. The number of pyridine rings is 1. The molecule has 1 aromatic heterocycles. The van der Waals surface area contributed by atoms with E-state index < -0.39 is 21.9 Å². The van der Waals surface area contributed by atoms with Crippen molar-refractivity contribution in [2.75, 3.05) is 13.1 Å². The number of hydrogen-bond acceptors (Lipinski definition) is 8. The monoisotopic (exact) mass is 588 g/mol. The summed E-state index contributed by atoms with van der Waals surface area (Å²) < 4.78 is 32.0. The Hall–Kier alpha value is -2.76. The number of rotatable bonds is 12. The van der Waals surface area contributed by atoms with Crippen LogP contribution in [0.15, 0.2) is 101 Å². The largest absolute Gasteiger partial charge is 1.00 e. The third-order valence-electron chi connectivity index (χ3n) is 5.95. The van der Waals surface area contributed by atoms with Crippen LogP contribution in [0, 0.1) is 0 Å². The normalized spacial score (nSPS) is 11.8. The predicted octanol–water partition coefficient (Wildman–Crippen LogP) is 0.983. The minimum absolute atomic E-state index is 0. The minimum atomic E-state index is -3.84. The fourth-order valence-corrected chi connectivity index (χ4v) is 5.40. The summed E-state index contributed by atoms with van der Waals surface area (Å²) in [5, 5.41) is 25.4. The minimum Gasteiger partial charge on any atom is -0.545 e. The molecule has 0 bridgehead atoms. The van der Waals surface area contributed by atoms with Crippen LogP contribution in [0.1, 0.15) is 34.0 Å². The number of nitrogens with one attached hydrogen (secondary N) is 1. The SMILES string of the molecule is O=C([O-])c1cccnc1Oc1cccc(S(=O)(=O)c2ccc(CCCNC[C@H](O)c3cccc(Cl)c3)cc2)c1.[Na+]. The summed E-state index contributed by atoms with van der Waals surface area (Å²) in [6, 6.07) is 22.3. The second-order valence-electron chi connectivity index (χ2n) is 8.75. The third kappa shape index (κ3) is 8.37. The number of hydrogen-bond donors (Lipinski definition) is 2. The predicted molar refractivity (Wildman–Crippen MR) is 145 cm³/mol. The smallest absolute Gasteiger partial charge is 0.545 e. The van der Waals surface area contributed by atoms with Crippen molar-refractivity contribution in [3.05, 3.63) is 113 Å². The molecule has 0 aliphatic heterocycles. The summed E-state index contributed by atoms with van der Waals surface area (Å²) in [4.78, 5) is 15.3. The number of nitrogens with zero attached hydrogens (tertiary/aromatic N) is 1. The molecular formula is C29H26ClN2NaO6S. The van der Waals surface area contributed by atoms with E-state index in [1.807, 2.05) is 6.07 Å². The molecule has 40 heavy (non-hydrogen) atoms. The van der Waals surface area contributed by atoms with Crippen LogP contribution >= 0.6 is 11.6 Å². The second-order valence-corrected chi connectivity index (χ2v) is 11.1. The number of sulfone groups is 1. The number of carbonyl (C=O) groups excluding carboxylic acids is 1. The number of carboxylic acids is 1. The van der Waals surface area contributed by atoms with Gasteiger partial charge in [-0.25, -0.2) is 13.4 Å². The number of aliphatic hydroxyl groups is 1. The first-order valence-corrected chi connectivity index (χ1v) is 14.0. The molecule has 3 aromatic carbocycles. The summed E-state index contributed by atoms with van der Waals surface area (Å²) in [6.07, 6.45) is 2.24. The van der Waals surface area contributed by atoms with Crippen molar-refractivity contribution in [2.45, 2.75) is 28.7 Å². The maximum Gasteiger partial charge on any atom is 1.00 e. The molecule has 0 saturated heterocycles. The number of ether oxygens (including phenoxy) is 1. The van der Waals surface area contributed by atoms with Crippen LogP contribution in [-0.4, -0.2) is 37.6 Å². The van der Waals surface area contributed by atoms with Crippen molar-refractivity contribution in [3.8, 4) is 11.6 Å². The van der Waals surface area contributed by atoms with E-state index in [0.29, 0.717) is 18.1 Å². The number of halogens is 1. The zero-order chi connectivity index (χ0) is 27.8. The fourth-order valence-electron chi connectivity index (χ4n) is 3.90. The third-order valence-corrected chi connectivity index (χ3v) is 7.95. The van der Waals surface area contributed by atoms with Gasteiger partial charge in [-0.1, -0.05) is 41.9 Å². The summed E-state index contributed by atoms with van der Waals surface area (Å²) in [6.45, 7) is 1.08. The van der Waals surface area contributed by atoms with Gasteiger partial charge < -0.3 is 25.1 Å². The Bertz CT molecular complexity index is 1550. The molecule has 1 atom stereocenters. The number of aliphatic hydroxyl groups excluding tert-OH is 1. The van der Waals surface area contributed by atoms with E-state index in [-0.39, 0.29) is 56.5 Å². The average molecular weight is 589 g/mol. The van der Waals surface area contributed by atoms with Crippen molar-refractivity contribution in [1.29, 1.82) is 0 Å². The molecule has 1 heterocycles. The van der Waals surface area contributed by atoms with Gasteiger partial charge in [0.2, 0.25) is 15.7 Å². The molecule has 202 valence electrons. The van der Waals surface area contributed by atoms with E-state index in [1.54, 1.807) is 42.5 Å². The number of carboxylic acid groups (broad SMARTS) is 1. The average Bonchev–Trinajstić information content (AvgIpc) is 2.93. The zero-order valence-electron chi connectivity index (χ0n) is 21.8.